The first-order valence-electron chi connectivity index (χ1n) is 5.94. The SMILES string of the molecule is Cc1cc(S(=O)(=O)N2CCSCC2)cc(CO)c1F. The molecule has 1 saturated heterocycles. The Labute approximate surface area is 116 Å². The minimum Gasteiger partial charge on any atom is -0.392 e. The second-order valence-corrected chi connectivity index (χ2v) is 7.55. The molecule has 0 unspecified atom stereocenters. The Bertz CT molecular complexity index is 569. The zero-order chi connectivity index (χ0) is 14.0. The normalized spacial score (nSPS) is 17.6. The fourth-order valence-electron chi connectivity index (χ4n) is 2.01. The van der Waals surface area contributed by atoms with E-state index in [0.29, 0.717) is 13.1 Å². The zero-order valence-corrected chi connectivity index (χ0v) is 12.2. The summed E-state index contributed by atoms with van der Waals surface area (Å²) >= 11 is 1.72. The third-order valence-corrected chi connectivity index (χ3v) is 5.90. The maximum atomic E-state index is 13.6. The Hall–Kier alpha value is -0.630. The molecular weight excluding hydrogens is 289 g/mol. The van der Waals surface area contributed by atoms with Crippen molar-refractivity contribution in [2.75, 3.05) is 24.6 Å². The molecule has 1 aliphatic heterocycles. The molecule has 1 heterocycles. The Morgan fingerprint density at radius 2 is 2.00 bits per heavy atom. The molecule has 106 valence electrons. The van der Waals surface area contributed by atoms with Crippen molar-refractivity contribution in [1.29, 1.82) is 0 Å². The van der Waals surface area contributed by atoms with E-state index >= 15 is 0 Å². The number of halogens is 1. The molecule has 0 atom stereocenters. The van der Waals surface area contributed by atoms with Gasteiger partial charge in [-0.2, -0.15) is 16.1 Å². The lowest BCUT2D eigenvalue weighted by molar-refractivity contribution is 0.275. The number of hydrogen-bond acceptors (Lipinski definition) is 4. The van der Waals surface area contributed by atoms with Crippen LogP contribution in [-0.4, -0.2) is 42.4 Å². The van der Waals surface area contributed by atoms with Crippen LogP contribution >= 0.6 is 11.8 Å². The Kier molecular flexibility index (Phi) is 4.50. The van der Waals surface area contributed by atoms with E-state index in [1.165, 1.54) is 23.4 Å². The number of aliphatic hydroxyl groups is 1. The minimum atomic E-state index is -3.59. The van der Waals surface area contributed by atoms with Crippen LogP contribution in [0, 0.1) is 12.7 Å². The van der Waals surface area contributed by atoms with Gasteiger partial charge in [0.05, 0.1) is 11.5 Å². The van der Waals surface area contributed by atoms with Gasteiger partial charge in [-0.15, -0.1) is 0 Å². The number of aryl methyl sites for hydroxylation is 1. The largest absolute Gasteiger partial charge is 0.392 e. The van der Waals surface area contributed by atoms with Crippen molar-refractivity contribution in [3.05, 3.63) is 29.1 Å². The fourth-order valence-corrected chi connectivity index (χ4v) is 4.72. The predicted molar refractivity (Wildman–Crippen MR) is 73.1 cm³/mol. The van der Waals surface area contributed by atoms with Crippen LogP contribution in [0.4, 0.5) is 4.39 Å². The topological polar surface area (TPSA) is 57.6 Å². The van der Waals surface area contributed by atoms with E-state index in [4.69, 9.17) is 5.11 Å². The van der Waals surface area contributed by atoms with Crippen LogP contribution in [0.5, 0.6) is 0 Å². The van der Waals surface area contributed by atoms with Crippen molar-refractivity contribution < 1.29 is 17.9 Å². The summed E-state index contributed by atoms with van der Waals surface area (Å²) in [7, 11) is -3.59. The van der Waals surface area contributed by atoms with Gasteiger partial charge in [-0.05, 0) is 24.6 Å². The number of hydrogen-bond donors (Lipinski definition) is 1. The molecule has 0 spiro atoms. The van der Waals surface area contributed by atoms with E-state index in [1.807, 2.05) is 0 Å². The summed E-state index contributed by atoms with van der Waals surface area (Å²) in [4.78, 5) is 0.0577. The summed E-state index contributed by atoms with van der Waals surface area (Å²) in [5, 5.41) is 9.09. The maximum absolute atomic E-state index is 13.6. The maximum Gasteiger partial charge on any atom is 0.243 e. The summed E-state index contributed by atoms with van der Waals surface area (Å²) in [5.41, 5.74) is 0.251. The highest BCUT2D eigenvalue weighted by molar-refractivity contribution is 7.99. The van der Waals surface area contributed by atoms with E-state index < -0.39 is 22.4 Å². The lowest BCUT2D eigenvalue weighted by atomic mass is 10.1. The molecule has 2 rings (SSSR count). The molecule has 1 fully saturated rings. The van der Waals surface area contributed by atoms with Crippen molar-refractivity contribution in [1.82, 2.24) is 4.31 Å². The third-order valence-electron chi connectivity index (χ3n) is 3.08. The van der Waals surface area contributed by atoms with Crippen molar-refractivity contribution in [2.45, 2.75) is 18.4 Å². The van der Waals surface area contributed by atoms with E-state index in [0.717, 1.165) is 11.5 Å². The molecule has 7 heteroatoms. The summed E-state index contributed by atoms with van der Waals surface area (Å²) in [6, 6.07) is 2.55. The predicted octanol–water partition coefficient (Wildman–Crippen LogP) is 1.36. The van der Waals surface area contributed by atoms with Gasteiger partial charge in [0.2, 0.25) is 10.0 Å². The minimum absolute atomic E-state index is 0.0185. The first-order valence-corrected chi connectivity index (χ1v) is 8.54. The van der Waals surface area contributed by atoms with Crippen LogP contribution in [0.2, 0.25) is 0 Å². The van der Waals surface area contributed by atoms with Crippen molar-refractivity contribution >= 4 is 21.8 Å². The van der Waals surface area contributed by atoms with Crippen LogP contribution in [0.25, 0.3) is 0 Å². The zero-order valence-electron chi connectivity index (χ0n) is 10.6. The number of sulfonamides is 1. The van der Waals surface area contributed by atoms with E-state index in [1.54, 1.807) is 11.8 Å². The highest BCUT2D eigenvalue weighted by Gasteiger charge is 2.27. The smallest absolute Gasteiger partial charge is 0.243 e. The molecule has 0 saturated carbocycles. The monoisotopic (exact) mass is 305 g/mol. The van der Waals surface area contributed by atoms with Crippen molar-refractivity contribution in [3.8, 4) is 0 Å². The molecule has 19 heavy (non-hydrogen) atoms. The molecule has 0 bridgehead atoms. The van der Waals surface area contributed by atoms with E-state index in [9.17, 15) is 12.8 Å². The van der Waals surface area contributed by atoms with E-state index in [2.05, 4.69) is 0 Å². The first kappa shape index (κ1) is 14.8. The van der Waals surface area contributed by atoms with Crippen LogP contribution in [0.3, 0.4) is 0 Å². The molecule has 1 aromatic rings. The van der Waals surface area contributed by atoms with Crippen LogP contribution in [-0.2, 0) is 16.6 Å². The number of thioether (sulfide) groups is 1. The van der Waals surface area contributed by atoms with Crippen LogP contribution in [0.1, 0.15) is 11.1 Å². The Morgan fingerprint density at radius 1 is 1.37 bits per heavy atom. The second-order valence-electron chi connectivity index (χ2n) is 4.39. The average molecular weight is 305 g/mol. The number of rotatable bonds is 3. The van der Waals surface area contributed by atoms with Gasteiger partial charge in [-0.1, -0.05) is 0 Å². The lowest BCUT2D eigenvalue weighted by Crippen LogP contribution is -2.37. The van der Waals surface area contributed by atoms with Gasteiger partial charge in [-0.25, -0.2) is 12.8 Å². The van der Waals surface area contributed by atoms with Gasteiger partial charge >= 0.3 is 0 Å². The molecular formula is C12H16FNO3S2. The lowest BCUT2D eigenvalue weighted by Gasteiger charge is -2.26. The molecule has 0 amide bonds. The molecule has 1 aromatic carbocycles. The number of aliphatic hydroxyl groups excluding tert-OH is 1. The van der Waals surface area contributed by atoms with Gasteiger partial charge in [0.15, 0.2) is 0 Å². The second kappa shape index (κ2) is 5.78. The summed E-state index contributed by atoms with van der Waals surface area (Å²) in [6.07, 6.45) is 0. The molecule has 0 radical (unpaired) electrons. The van der Waals surface area contributed by atoms with Crippen molar-refractivity contribution in [3.63, 3.8) is 0 Å². The first-order chi connectivity index (χ1) is 8.96. The van der Waals surface area contributed by atoms with Gasteiger partial charge in [0.25, 0.3) is 0 Å². The molecule has 1 aliphatic rings. The standard InChI is InChI=1S/C12H16FNO3S2/c1-9-6-11(7-10(8-15)12(9)13)19(16,17)14-2-4-18-5-3-14/h6-7,15H,2-5,8H2,1H3. The quantitative estimate of drug-likeness (QED) is 0.916. The van der Waals surface area contributed by atoms with Gasteiger partial charge in [0, 0.05) is 30.2 Å². The highest BCUT2D eigenvalue weighted by Crippen LogP contribution is 2.24. The number of nitrogens with zero attached hydrogens (tertiary/aromatic N) is 1. The fraction of sp³-hybridized carbons (Fsp3) is 0.500. The highest BCUT2D eigenvalue weighted by atomic mass is 32.2. The van der Waals surface area contributed by atoms with Crippen LogP contribution in [0.15, 0.2) is 17.0 Å². The average Bonchev–Trinajstić information content (AvgIpc) is 2.42. The summed E-state index contributed by atoms with van der Waals surface area (Å²) in [6.45, 7) is 1.93. The summed E-state index contributed by atoms with van der Waals surface area (Å²) < 4.78 is 39.9. The molecule has 4 nitrogen and oxygen atoms in total. The Balaban J connectivity index is 2.42. The van der Waals surface area contributed by atoms with Crippen molar-refractivity contribution in [2.24, 2.45) is 0 Å². The molecule has 1 N–H and O–H groups in total. The molecule has 0 aliphatic carbocycles. The van der Waals surface area contributed by atoms with E-state index in [-0.39, 0.29) is 16.0 Å². The third kappa shape index (κ3) is 2.94. The Morgan fingerprint density at radius 3 is 2.58 bits per heavy atom. The van der Waals surface area contributed by atoms with Gasteiger partial charge < -0.3 is 5.11 Å². The molecule has 0 aromatic heterocycles. The van der Waals surface area contributed by atoms with Gasteiger partial charge in [0.1, 0.15) is 5.82 Å². The van der Waals surface area contributed by atoms with Crippen LogP contribution < -0.4 is 0 Å². The van der Waals surface area contributed by atoms with Gasteiger partial charge in [-0.3, -0.25) is 0 Å². The summed E-state index contributed by atoms with van der Waals surface area (Å²) in [5.74, 6) is 0.995. The number of benzene rings is 1.